The van der Waals surface area contributed by atoms with Gasteiger partial charge in [0.05, 0.1) is 29.6 Å². The van der Waals surface area contributed by atoms with Crippen LogP contribution in [0, 0.1) is 5.92 Å². The number of hydrogen-bond acceptors (Lipinski definition) is 4. The number of pyridine rings is 1. The highest BCUT2D eigenvalue weighted by Gasteiger charge is 2.31. The number of nitrogens with zero attached hydrogens (tertiary/aromatic N) is 3. The van der Waals surface area contributed by atoms with E-state index in [0.29, 0.717) is 5.69 Å². The third-order valence-corrected chi connectivity index (χ3v) is 4.22. The van der Waals surface area contributed by atoms with Crippen molar-refractivity contribution in [3.05, 3.63) is 30.7 Å². The minimum Gasteiger partial charge on any atom is -0.377 e. The Morgan fingerprint density at radius 2 is 2.39 bits per heavy atom. The molecule has 0 aromatic carbocycles. The summed E-state index contributed by atoms with van der Waals surface area (Å²) in [5, 5.41) is 7.21. The zero-order valence-electron chi connectivity index (χ0n) is 13.5. The van der Waals surface area contributed by atoms with Gasteiger partial charge in [-0.1, -0.05) is 6.92 Å². The summed E-state index contributed by atoms with van der Waals surface area (Å²) >= 11 is 0. The highest BCUT2D eigenvalue weighted by atomic mass is 16.5. The second kappa shape index (κ2) is 6.91. The molecule has 0 spiro atoms. The van der Waals surface area contributed by atoms with Crippen molar-refractivity contribution in [2.45, 2.75) is 32.3 Å². The lowest BCUT2D eigenvalue weighted by Gasteiger charge is -2.30. The Hall–Kier alpha value is -2.21. The summed E-state index contributed by atoms with van der Waals surface area (Å²) in [7, 11) is 1.86. The van der Waals surface area contributed by atoms with E-state index in [-0.39, 0.29) is 17.9 Å². The SMILES string of the molecule is CCC1OCCCC1C(=O)Nc1cccnc1-c1cnn(C)c1. The van der Waals surface area contributed by atoms with Crippen LogP contribution < -0.4 is 5.32 Å². The van der Waals surface area contributed by atoms with Gasteiger partial charge in [0, 0.05) is 31.6 Å². The highest BCUT2D eigenvalue weighted by Crippen LogP contribution is 2.28. The van der Waals surface area contributed by atoms with Crippen LogP contribution in [-0.4, -0.2) is 33.4 Å². The second-order valence-corrected chi connectivity index (χ2v) is 5.86. The average Bonchev–Trinajstić information content (AvgIpc) is 3.01. The lowest BCUT2D eigenvalue weighted by molar-refractivity contribution is -0.129. The van der Waals surface area contributed by atoms with E-state index in [1.807, 2.05) is 25.4 Å². The Labute approximate surface area is 135 Å². The second-order valence-electron chi connectivity index (χ2n) is 5.86. The Kier molecular flexibility index (Phi) is 4.71. The van der Waals surface area contributed by atoms with Gasteiger partial charge in [0.1, 0.15) is 0 Å². The van der Waals surface area contributed by atoms with Gasteiger partial charge in [0.2, 0.25) is 5.91 Å². The van der Waals surface area contributed by atoms with Gasteiger partial charge in [-0.2, -0.15) is 5.10 Å². The van der Waals surface area contributed by atoms with E-state index < -0.39 is 0 Å². The molecule has 6 heteroatoms. The van der Waals surface area contributed by atoms with Crippen molar-refractivity contribution >= 4 is 11.6 Å². The number of aryl methyl sites for hydroxylation is 1. The highest BCUT2D eigenvalue weighted by molar-refractivity contribution is 5.96. The van der Waals surface area contributed by atoms with Crippen molar-refractivity contribution in [3.8, 4) is 11.3 Å². The minimum atomic E-state index is -0.101. The van der Waals surface area contributed by atoms with Gasteiger partial charge in [-0.3, -0.25) is 14.5 Å². The molecule has 1 fully saturated rings. The van der Waals surface area contributed by atoms with Crippen LogP contribution in [0.2, 0.25) is 0 Å². The fourth-order valence-electron chi connectivity index (χ4n) is 3.05. The third kappa shape index (κ3) is 3.42. The van der Waals surface area contributed by atoms with E-state index in [1.54, 1.807) is 17.1 Å². The van der Waals surface area contributed by atoms with Crippen molar-refractivity contribution in [1.29, 1.82) is 0 Å². The molecule has 1 amide bonds. The van der Waals surface area contributed by atoms with Crippen LogP contribution in [0.25, 0.3) is 11.3 Å². The topological polar surface area (TPSA) is 69.0 Å². The molecular weight excluding hydrogens is 292 g/mol. The third-order valence-electron chi connectivity index (χ3n) is 4.22. The van der Waals surface area contributed by atoms with Crippen molar-refractivity contribution in [2.75, 3.05) is 11.9 Å². The van der Waals surface area contributed by atoms with Crippen LogP contribution >= 0.6 is 0 Å². The zero-order chi connectivity index (χ0) is 16.2. The molecule has 1 N–H and O–H groups in total. The van der Waals surface area contributed by atoms with Gasteiger partial charge in [-0.25, -0.2) is 0 Å². The summed E-state index contributed by atoms with van der Waals surface area (Å²) in [6, 6.07) is 3.70. The summed E-state index contributed by atoms with van der Waals surface area (Å²) in [5.41, 5.74) is 2.33. The fourth-order valence-corrected chi connectivity index (χ4v) is 3.05. The molecule has 0 saturated carbocycles. The molecule has 2 aromatic rings. The van der Waals surface area contributed by atoms with Gasteiger partial charge < -0.3 is 10.1 Å². The molecule has 0 aliphatic carbocycles. The number of aromatic nitrogens is 3. The van der Waals surface area contributed by atoms with E-state index in [2.05, 4.69) is 22.3 Å². The maximum absolute atomic E-state index is 12.7. The van der Waals surface area contributed by atoms with Gasteiger partial charge in [-0.15, -0.1) is 0 Å². The maximum atomic E-state index is 12.7. The standard InChI is InChI=1S/C17H22N4O2/c1-3-15-13(6-5-9-23-15)17(22)20-14-7-4-8-18-16(14)12-10-19-21(2)11-12/h4,7-8,10-11,13,15H,3,5-6,9H2,1-2H3,(H,20,22). The molecular formula is C17H22N4O2. The van der Waals surface area contributed by atoms with Crippen molar-refractivity contribution < 1.29 is 9.53 Å². The van der Waals surface area contributed by atoms with Crippen LogP contribution in [0.15, 0.2) is 30.7 Å². The maximum Gasteiger partial charge on any atom is 0.230 e. The molecule has 2 unspecified atom stereocenters. The number of anilines is 1. The first-order chi connectivity index (χ1) is 11.2. The summed E-state index contributed by atoms with van der Waals surface area (Å²) in [4.78, 5) is 17.1. The average molecular weight is 314 g/mol. The van der Waals surface area contributed by atoms with Gasteiger partial charge in [0.25, 0.3) is 0 Å². The van der Waals surface area contributed by atoms with E-state index in [1.165, 1.54) is 0 Å². The molecule has 1 saturated heterocycles. The number of hydrogen-bond donors (Lipinski definition) is 1. The van der Waals surface area contributed by atoms with Gasteiger partial charge in [0.15, 0.2) is 0 Å². The van der Waals surface area contributed by atoms with Crippen LogP contribution in [0.1, 0.15) is 26.2 Å². The fraction of sp³-hybridized carbons (Fsp3) is 0.471. The van der Waals surface area contributed by atoms with E-state index >= 15 is 0 Å². The number of amides is 1. The Morgan fingerprint density at radius 1 is 1.52 bits per heavy atom. The monoisotopic (exact) mass is 314 g/mol. The molecule has 6 nitrogen and oxygen atoms in total. The molecule has 3 heterocycles. The quantitative estimate of drug-likeness (QED) is 0.942. The lowest BCUT2D eigenvalue weighted by atomic mass is 9.91. The largest absolute Gasteiger partial charge is 0.377 e. The Bertz CT molecular complexity index is 683. The predicted molar refractivity (Wildman–Crippen MR) is 87.8 cm³/mol. The predicted octanol–water partition coefficient (Wildman–Crippen LogP) is 2.63. The van der Waals surface area contributed by atoms with Crippen molar-refractivity contribution in [3.63, 3.8) is 0 Å². The van der Waals surface area contributed by atoms with E-state index in [4.69, 9.17) is 4.74 Å². The number of nitrogens with one attached hydrogen (secondary N) is 1. The molecule has 0 bridgehead atoms. The first kappa shape index (κ1) is 15.7. The molecule has 0 radical (unpaired) electrons. The number of carbonyl (C=O) groups excluding carboxylic acids is 1. The van der Waals surface area contributed by atoms with E-state index in [9.17, 15) is 4.79 Å². The molecule has 23 heavy (non-hydrogen) atoms. The number of carbonyl (C=O) groups is 1. The van der Waals surface area contributed by atoms with E-state index in [0.717, 1.165) is 37.1 Å². The molecule has 122 valence electrons. The van der Waals surface area contributed by atoms with Crippen LogP contribution in [0.5, 0.6) is 0 Å². The van der Waals surface area contributed by atoms with Gasteiger partial charge >= 0.3 is 0 Å². The number of ether oxygens (including phenoxy) is 1. The Balaban J connectivity index is 1.81. The molecule has 1 aliphatic rings. The summed E-state index contributed by atoms with van der Waals surface area (Å²) < 4.78 is 7.45. The zero-order valence-corrected chi connectivity index (χ0v) is 13.5. The minimum absolute atomic E-state index is 0.00210. The number of rotatable bonds is 4. The lowest BCUT2D eigenvalue weighted by Crippen LogP contribution is -2.37. The summed E-state index contributed by atoms with van der Waals surface area (Å²) in [6.07, 6.45) is 8.00. The van der Waals surface area contributed by atoms with Gasteiger partial charge in [-0.05, 0) is 31.4 Å². The Morgan fingerprint density at radius 3 is 3.13 bits per heavy atom. The van der Waals surface area contributed by atoms with Crippen molar-refractivity contribution in [1.82, 2.24) is 14.8 Å². The van der Waals surface area contributed by atoms with Crippen molar-refractivity contribution in [2.24, 2.45) is 13.0 Å². The molecule has 2 atom stereocenters. The summed E-state index contributed by atoms with van der Waals surface area (Å²) in [6.45, 7) is 2.80. The first-order valence-corrected chi connectivity index (χ1v) is 8.05. The van der Waals surface area contributed by atoms with Crippen LogP contribution in [0.4, 0.5) is 5.69 Å². The summed E-state index contributed by atoms with van der Waals surface area (Å²) in [5.74, 6) is -0.0922. The molecule has 3 rings (SSSR count). The smallest absolute Gasteiger partial charge is 0.230 e. The first-order valence-electron chi connectivity index (χ1n) is 8.05. The normalized spacial score (nSPS) is 21.1. The van der Waals surface area contributed by atoms with Crippen LogP contribution in [-0.2, 0) is 16.6 Å². The molecule has 1 aliphatic heterocycles. The molecule has 2 aromatic heterocycles. The van der Waals surface area contributed by atoms with Crippen LogP contribution in [0.3, 0.4) is 0 Å².